The molecular weight excluding hydrogens is 465 g/mol. The molecule has 2 heterocycles. The van der Waals surface area contributed by atoms with Crippen molar-refractivity contribution < 1.29 is 19.5 Å². The van der Waals surface area contributed by atoms with Crippen molar-refractivity contribution in [1.82, 2.24) is 15.4 Å². The molecule has 0 radical (unpaired) electrons. The highest BCUT2D eigenvalue weighted by molar-refractivity contribution is 6.32. The number of amides is 2. The minimum absolute atomic E-state index is 0.116. The molecule has 1 aliphatic heterocycles. The lowest BCUT2D eigenvalue weighted by Gasteiger charge is -2.30. The molecule has 1 aromatic carbocycles. The lowest BCUT2D eigenvalue weighted by Crippen LogP contribution is -2.49. The molecule has 7 nitrogen and oxygen atoms in total. The van der Waals surface area contributed by atoms with E-state index in [2.05, 4.69) is 4.98 Å². The summed E-state index contributed by atoms with van der Waals surface area (Å²) in [6.07, 6.45) is 1.05. The third-order valence-electron chi connectivity index (χ3n) is 6.09. The van der Waals surface area contributed by atoms with Gasteiger partial charge in [0.1, 0.15) is 28.7 Å². The van der Waals surface area contributed by atoms with E-state index in [1.54, 1.807) is 22.5 Å². The highest BCUT2D eigenvalue weighted by Crippen LogP contribution is 2.39. The van der Waals surface area contributed by atoms with Gasteiger partial charge in [-0.15, -0.1) is 0 Å². The minimum atomic E-state index is -0.764. The number of hydrogen-bond acceptors (Lipinski definition) is 5. The molecule has 1 saturated heterocycles. The van der Waals surface area contributed by atoms with Crippen LogP contribution in [0.15, 0.2) is 30.3 Å². The highest BCUT2D eigenvalue weighted by Gasteiger charge is 2.48. The molecule has 2 aromatic rings. The van der Waals surface area contributed by atoms with E-state index < -0.39 is 17.4 Å². The lowest BCUT2D eigenvalue weighted by atomic mass is 9.78. The smallest absolute Gasteiger partial charge is 0.266 e. The molecule has 0 aliphatic carbocycles. The quantitative estimate of drug-likeness (QED) is 0.316. The Balaban J connectivity index is 1.78. The van der Waals surface area contributed by atoms with Crippen molar-refractivity contribution in [3.63, 3.8) is 0 Å². The number of nitrogens with zero attached hydrogens (tertiary/aromatic N) is 2. The number of likely N-dealkylation sites (tertiary alicyclic amines) is 1. The monoisotopic (exact) mass is 493 g/mol. The average Bonchev–Trinajstić information content (AvgIpc) is 3.04. The van der Waals surface area contributed by atoms with Crippen LogP contribution in [0.4, 0.5) is 0 Å². The maximum atomic E-state index is 13.5. The highest BCUT2D eigenvalue weighted by atomic mass is 35.5. The van der Waals surface area contributed by atoms with Crippen LogP contribution >= 0.6 is 23.2 Å². The summed E-state index contributed by atoms with van der Waals surface area (Å²) in [6.45, 7) is 8.53. The Morgan fingerprint density at radius 2 is 1.94 bits per heavy atom. The molecule has 1 fully saturated rings. The van der Waals surface area contributed by atoms with Crippen LogP contribution in [0.2, 0.25) is 10.3 Å². The predicted molar refractivity (Wildman–Crippen MR) is 127 cm³/mol. The molecule has 1 aromatic heterocycles. The Bertz CT molecular complexity index is 1030. The van der Waals surface area contributed by atoms with E-state index in [9.17, 15) is 14.8 Å². The summed E-state index contributed by atoms with van der Waals surface area (Å²) in [4.78, 5) is 31.3. The van der Waals surface area contributed by atoms with Gasteiger partial charge in [0.2, 0.25) is 5.91 Å². The standard InChI is InChI=1S/C24H29Cl2N3O4/c1-14(2)9-19(22(30)28-32)29-8-7-24(4,23(29)31)18-6-5-17(10-15(18)3)33-13-16-11-20(25)27-21(26)12-16/h5-6,10-12,14,19,32H,7-9,13H2,1-4H3,(H,28,30). The van der Waals surface area contributed by atoms with E-state index in [1.165, 1.54) is 0 Å². The van der Waals surface area contributed by atoms with Gasteiger partial charge in [0, 0.05) is 6.54 Å². The molecule has 3 rings (SSSR count). The molecule has 2 amide bonds. The summed E-state index contributed by atoms with van der Waals surface area (Å²) in [6, 6.07) is 8.32. The summed E-state index contributed by atoms with van der Waals surface area (Å²) in [5, 5.41) is 9.78. The maximum Gasteiger partial charge on any atom is 0.266 e. The largest absolute Gasteiger partial charge is 0.489 e. The predicted octanol–water partition coefficient (Wildman–Crippen LogP) is 4.69. The second kappa shape index (κ2) is 10.3. The van der Waals surface area contributed by atoms with Crippen molar-refractivity contribution in [2.45, 2.75) is 58.6 Å². The Labute approximate surface area is 204 Å². The number of hydroxylamine groups is 1. The number of halogens is 2. The molecule has 9 heteroatoms. The van der Waals surface area contributed by atoms with Crippen molar-refractivity contribution in [3.05, 3.63) is 57.3 Å². The van der Waals surface area contributed by atoms with Gasteiger partial charge in [0.25, 0.3) is 5.91 Å². The third-order valence-corrected chi connectivity index (χ3v) is 6.48. The van der Waals surface area contributed by atoms with Crippen LogP contribution in [0, 0.1) is 12.8 Å². The van der Waals surface area contributed by atoms with Crippen LogP contribution in [-0.4, -0.2) is 39.5 Å². The number of nitrogens with one attached hydrogen (secondary N) is 1. The van der Waals surface area contributed by atoms with Crippen LogP contribution < -0.4 is 10.2 Å². The summed E-state index contributed by atoms with van der Waals surface area (Å²) in [5.74, 6) is 0.173. The fourth-order valence-electron chi connectivity index (χ4n) is 4.42. The van der Waals surface area contributed by atoms with Crippen LogP contribution in [0.5, 0.6) is 5.75 Å². The van der Waals surface area contributed by atoms with Crippen molar-refractivity contribution in [1.29, 1.82) is 0 Å². The van der Waals surface area contributed by atoms with Crippen molar-refractivity contribution in [2.24, 2.45) is 5.92 Å². The molecule has 0 bridgehead atoms. The Morgan fingerprint density at radius 3 is 2.52 bits per heavy atom. The Hall–Kier alpha value is -2.35. The number of pyridine rings is 1. The summed E-state index contributed by atoms with van der Waals surface area (Å²) >= 11 is 11.9. The van der Waals surface area contributed by atoms with E-state index in [1.807, 2.05) is 45.9 Å². The molecule has 178 valence electrons. The third kappa shape index (κ3) is 5.60. The SMILES string of the molecule is Cc1cc(OCc2cc(Cl)nc(Cl)c2)ccc1C1(C)CCN(C(CC(C)C)C(=O)NO)C1=O. The number of hydrogen-bond donors (Lipinski definition) is 2. The van der Waals surface area contributed by atoms with Crippen LogP contribution in [0.1, 0.15) is 50.3 Å². The number of carbonyl (C=O) groups is 2. The van der Waals surface area contributed by atoms with E-state index in [0.29, 0.717) is 35.4 Å². The topological polar surface area (TPSA) is 91.8 Å². The fraction of sp³-hybridized carbons (Fsp3) is 0.458. The van der Waals surface area contributed by atoms with Gasteiger partial charge in [-0.2, -0.15) is 0 Å². The summed E-state index contributed by atoms with van der Waals surface area (Å²) < 4.78 is 5.89. The zero-order valence-electron chi connectivity index (χ0n) is 19.2. The van der Waals surface area contributed by atoms with Gasteiger partial charge in [0.15, 0.2) is 0 Å². The molecule has 2 unspecified atom stereocenters. The lowest BCUT2D eigenvalue weighted by molar-refractivity contribution is -0.144. The molecule has 1 aliphatic rings. The Morgan fingerprint density at radius 1 is 1.27 bits per heavy atom. The molecule has 2 atom stereocenters. The number of aryl methyl sites for hydroxylation is 1. The zero-order valence-corrected chi connectivity index (χ0v) is 20.7. The molecule has 2 N–H and O–H groups in total. The number of carbonyl (C=O) groups excluding carboxylic acids is 2. The minimum Gasteiger partial charge on any atom is -0.489 e. The van der Waals surface area contributed by atoms with Crippen LogP contribution in [0.25, 0.3) is 0 Å². The number of ether oxygens (including phenoxy) is 1. The number of benzene rings is 1. The Kier molecular flexibility index (Phi) is 7.88. The fourth-order valence-corrected chi connectivity index (χ4v) is 4.93. The van der Waals surface area contributed by atoms with Gasteiger partial charge in [-0.25, -0.2) is 10.5 Å². The number of aromatic nitrogens is 1. The number of rotatable bonds is 8. The van der Waals surface area contributed by atoms with E-state index in [0.717, 1.165) is 16.7 Å². The first-order valence-corrected chi connectivity index (χ1v) is 11.6. The molecule has 33 heavy (non-hydrogen) atoms. The molecular formula is C24H29Cl2N3O4. The average molecular weight is 494 g/mol. The van der Waals surface area contributed by atoms with Gasteiger partial charge >= 0.3 is 0 Å². The van der Waals surface area contributed by atoms with Crippen molar-refractivity contribution in [2.75, 3.05) is 6.54 Å². The van der Waals surface area contributed by atoms with E-state index >= 15 is 0 Å². The summed E-state index contributed by atoms with van der Waals surface area (Å²) in [7, 11) is 0. The second-order valence-corrected chi connectivity index (χ2v) is 9.86. The second-order valence-electron chi connectivity index (χ2n) is 9.09. The van der Waals surface area contributed by atoms with Crippen molar-refractivity contribution >= 4 is 35.0 Å². The first-order chi connectivity index (χ1) is 15.5. The van der Waals surface area contributed by atoms with Gasteiger partial charge in [-0.05, 0) is 73.6 Å². The van der Waals surface area contributed by atoms with Gasteiger partial charge in [-0.1, -0.05) is 43.1 Å². The van der Waals surface area contributed by atoms with Crippen molar-refractivity contribution in [3.8, 4) is 5.75 Å². The normalized spacial score (nSPS) is 19.2. The van der Waals surface area contributed by atoms with Gasteiger partial charge < -0.3 is 9.64 Å². The van der Waals surface area contributed by atoms with Gasteiger partial charge in [-0.3, -0.25) is 14.8 Å². The maximum absolute atomic E-state index is 13.5. The van der Waals surface area contributed by atoms with Crippen LogP contribution in [-0.2, 0) is 21.6 Å². The van der Waals surface area contributed by atoms with Crippen LogP contribution in [0.3, 0.4) is 0 Å². The van der Waals surface area contributed by atoms with E-state index in [-0.39, 0.29) is 18.4 Å². The molecule has 0 saturated carbocycles. The molecule has 0 spiro atoms. The first-order valence-electron chi connectivity index (χ1n) is 10.9. The van der Waals surface area contributed by atoms with Gasteiger partial charge in [0.05, 0.1) is 5.41 Å². The first kappa shape index (κ1) is 25.3. The summed E-state index contributed by atoms with van der Waals surface area (Å²) in [5.41, 5.74) is 3.57. The van der Waals surface area contributed by atoms with E-state index in [4.69, 9.17) is 27.9 Å². The zero-order chi connectivity index (χ0) is 24.3.